The summed E-state index contributed by atoms with van der Waals surface area (Å²) in [6.45, 7) is 2.11. The summed E-state index contributed by atoms with van der Waals surface area (Å²) in [5.74, 6) is 0. The molecule has 2 rings (SSSR count). The number of nitrogens with zero attached hydrogens (tertiary/aromatic N) is 1. The van der Waals surface area contributed by atoms with E-state index in [0.717, 1.165) is 25.7 Å². The van der Waals surface area contributed by atoms with Crippen molar-refractivity contribution in [1.29, 1.82) is 0 Å². The van der Waals surface area contributed by atoms with Gasteiger partial charge in [-0.3, -0.25) is 0 Å². The molecule has 0 bridgehead atoms. The van der Waals surface area contributed by atoms with Gasteiger partial charge in [0, 0.05) is 26.3 Å². The molecule has 2 fully saturated rings. The van der Waals surface area contributed by atoms with Crippen LogP contribution in [0, 0.1) is 0 Å². The SMILES string of the molecule is NS(=O)(=O)N(CC1CCCO1)CC1CCCO1. The van der Waals surface area contributed by atoms with Gasteiger partial charge < -0.3 is 9.47 Å². The molecule has 2 aliphatic heterocycles. The first kappa shape index (κ1) is 13.2. The van der Waals surface area contributed by atoms with Crippen LogP contribution < -0.4 is 5.14 Å². The maximum Gasteiger partial charge on any atom is 0.277 e. The smallest absolute Gasteiger partial charge is 0.277 e. The van der Waals surface area contributed by atoms with Crippen molar-refractivity contribution < 1.29 is 17.9 Å². The van der Waals surface area contributed by atoms with Crippen molar-refractivity contribution in [3.63, 3.8) is 0 Å². The molecule has 0 aromatic carbocycles. The van der Waals surface area contributed by atoms with Crippen molar-refractivity contribution >= 4 is 10.2 Å². The van der Waals surface area contributed by atoms with Crippen LogP contribution in [0.5, 0.6) is 0 Å². The van der Waals surface area contributed by atoms with E-state index in [0.29, 0.717) is 26.3 Å². The predicted molar refractivity (Wildman–Crippen MR) is 62.6 cm³/mol. The predicted octanol–water partition coefficient (Wildman–Crippen LogP) is -0.150. The van der Waals surface area contributed by atoms with Crippen LogP contribution in [0.25, 0.3) is 0 Å². The van der Waals surface area contributed by atoms with Gasteiger partial charge in [0.2, 0.25) is 0 Å². The van der Waals surface area contributed by atoms with Crippen molar-refractivity contribution in [3.8, 4) is 0 Å². The Morgan fingerprint density at radius 3 is 1.82 bits per heavy atom. The summed E-state index contributed by atoms with van der Waals surface area (Å²) >= 11 is 0. The summed E-state index contributed by atoms with van der Waals surface area (Å²) in [6.07, 6.45) is 3.74. The third kappa shape index (κ3) is 3.89. The summed E-state index contributed by atoms with van der Waals surface area (Å²) < 4.78 is 35.2. The largest absolute Gasteiger partial charge is 0.377 e. The third-order valence-electron chi connectivity index (χ3n) is 3.22. The molecule has 2 atom stereocenters. The van der Waals surface area contributed by atoms with Crippen LogP contribution in [0.3, 0.4) is 0 Å². The van der Waals surface area contributed by atoms with Gasteiger partial charge in [-0.15, -0.1) is 0 Å². The third-order valence-corrected chi connectivity index (χ3v) is 4.24. The zero-order chi connectivity index (χ0) is 12.3. The van der Waals surface area contributed by atoms with Gasteiger partial charge in [0.05, 0.1) is 12.2 Å². The van der Waals surface area contributed by atoms with E-state index in [-0.39, 0.29) is 12.2 Å². The van der Waals surface area contributed by atoms with Crippen molar-refractivity contribution in [2.24, 2.45) is 5.14 Å². The number of nitrogens with two attached hydrogens (primary N) is 1. The number of hydrogen-bond acceptors (Lipinski definition) is 4. The molecule has 2 unspecified atom stereocenters. The van der Waals surface area contributed by atoms with E-state index in [1.54, 1.807) is 0 Å². The molecule has 100 valence electrons. The Morgan fingerprint density at radius 1 is 1.06 bits per heavy atom. The Balaban J connectivity index is 1.92. The molecule has 2 heterocycles. The Kier molecular flexibility index (Phi) is 4.37. The highest BCUT2D eigenvalue weighted by Crippen LogP contribution is 2.18. The molecule has 6 nitrogen and oxygen atoms in total. The fourth-order valence-corrected chi connectivity index (χ4v) is 3.06. The lowest BCUT2D eigenvalue weighted by Gasteiger charge is -2.24. The lowest BCUT2D eigenvalue weighted by atomic mass is 10.2. The molecule has 0 saturated carbocycles. The molecule has 0 aliphatic carbocycles. The van der Waals surface area contributed by atoms with Crippen molar-refractivity contribution in [2.75, 3.05) is 26.3 Å². The average Bonchev–Trinajstić information content (AvgIpc) is 2.87. The van der Waals surface area contributed by atoms with Gasteiger partial charge in [0.15, 0.2) is 0 Å². The van der Waals surface area contributed by atoms with E-state index in [2.05, 4.69) is 0 Å². The van der Waals surface area contributed by atoms with Gasteiger partial charge in [-0.2, -0.15) is 12.7 Å². The zero-order valence-electron chi connectivity index (χ0n) is 9.88. The number of rotatable bonds is 5. The molecule has 0 spiro atoms. The second-order valence-electron chi connectivity index (χ2n) is 4.63. The molecule has 2 N–H and O–H groups in total. The normalized spacial score (nSPS) is 30.2. The summed E-state index contributed by atoms with van der Waals surface area (Å²) in [7, 11) is -3.67. The molecule has 0 aromatic rings. The maximum atomic E-state index is 11.5. The van der Waals surface area contributed by atoms with E-state index < -0.39 is 10.2 Å². The maximum absolute atomic E-state index is 11.5. The Hall–Kier alpha value is -0.210. The first-order valence-corrected chi connectivity index (χ1v) is 7.57. The van der Waals surface area contributed by atoms with Crippen LogP contribution in [-0.2, 0) is 19.7 Å². The van der Waals surface area contributed by atoms with Crippen LogP contribution in [0.4, 0.5) is 0 Å². The molecular formula is C10H20N2O4S. The van der Waals surface area contributed by atoms with Crippen LogP contribution in [-0.4, -0.2) is 51.2 Å². The summed E-state index contributed by atoms with van der Waals surface area (Å²) in [4.78, 5) is 0. The fourth-order valence-electron chi connectivity index (χ4n) is 2.31. The molecule has 0 aromatic heterocycles. The second kappa shape index (κ2) is 5.62. The van der Waals surface area contributed by atoms with E-state index in [1.165, 1.54) is 4.31 Å². The van der Waals surface area contributed by atoms with Gasteiger partial charge in [-0.25, -0.2) is 5.14 Å². The molecule has 2 aliphatic rings. The average molecular weight is 264 g/mol. The molecule has 0 radical (unpaired) electrons. The van der Waals surface area contributed by atoms with Gasteiger partial charge in [-0.05, 0) is 25.7 Å². The highest BCUT2D eigenvalue weighted by Gasteiger charge is 2.28. The van der Waals surface area contributed by atoms with E-state index in [9.17, 15) is 8.42 Å². The minimum Gasteiger partial charge on any atom is -0.377 e. The quantitative estimate of drug-likeness (QED) is 0.748. The summed E-state index contributed by atoms with van der Waals surface area (Å²) in [6, 6.07) is 0. The number of ether oxygens (including phenoxy) is 2. The van der Waals surface area contributed by atoms with E-state index in [4.69, 9.17) is 14.6 Å². The van der Waals surface area contributed by atoms with Crippen molar-refractivity contribution in [1.82, 2.24) is 4.31 Å². The van der Waals surface area contributed by atoms with Crippen LogP contribution in [0.15, 0.2) is 0 Å². The Bertz CT molecular complexity index is 316. The Labute approximate surface area is 102 Å². The minimum absolute atomic E-state index is 0.0188. The van der Waals surface area contributed by atoms with E-state index in [1.807, 2.05) is 0 Å². The van der Waals surface area contributed by atoms with Gasteiger partial charge >= 0.3 is 0 Å². The molecule has 2 saturated heterocycles. The molecular weight excluding hydrogens is 244 g/mol. The second-order valence-corrected chi connectivity index (χ2v) is 6.18. The van der Waals surface area contributed by atoms with Gasteiger partial charge in [0.25, 0.3) is 10.2 Å². The molecule has 0 amide bonds. The highest BCUT2D eigenvalue weighted by molar-refractivity contribution is 7.86. The lowest BCUT2D eigenvalue weighted by molar-refractivity contribution is 0.0649. The van der Waals surface area contributed by atoms with Crippen molar-refractivity contribution in [3.05, 3.63) is 0 Å². The topological polar surface area (TPSA) is 81.9 Å². The molecule has 7 heteroatoms. The summed E-state index contributed by atoms with van der Waals surface area (Å²) in [5.41, 5.74) is 0. The highest BCUT2D eigenvalue weighted by atomic mass is 32.2. The summed E-state index contributed by atoms with van der Waals surface area (Å²) in [5, 5.41) is 5.22. The molecule has 17 heavy (non-hydrogen) atoms. The Morgan fingerprint density at radius 2 is 1.53 bits per heavy atom. The van der Waals surface area contributed by atoms with Crippen LogP contribution >= 0.6 is 0 Å². The fraction of sp³-hybridized carbons (Fsp3) is 1.00. The first-order chi connectivity index (χ1) is 8.05. The van der Waals surface area contributed by atoms with Crippen LogP contribution in [0.1, 0.15) is 25.7 Å². The monoisotopic (exact) mass is 264 g/mol. The van der Waals surface area contributed by atoms with E-state index >= 15 is 0 Å². The zero-order valence-corrected chi connectivity index (χ0v) is 10.7. The first-order valence-electron chi connectivity index (χ1n) is 6.07. The van der Waals surface area contributed by atoms with Gasteiger partial charge in [-0.1, -0.05) is 0 Å². The number of hydrogen-bond donors (Lipinski definition) is 1. The standard InChI is InChI=1S/C10H20N2O4S/c11-17(13,14)12(7-9-3-1-5-15-9)8-10-4-2-6-16-10/h9-10H,1-8H2,(H2,11,13,14). The lowest BCUT2D eigenvalue weighted by Crippen LogP contribution is -2.45. The van der Waals surface area contributed by atoms with Crippen LogP contribution in [0.2, 0.25) is 0 Å². The minimum atomic E-state index is -3.67. The van der Waals surface area contributed by atoms with Crippen molar-refractivity contribution in [2.45, 2.75) is 37.9 Å². The van der Waals surface area contributed by atoms with Gasteiger partial charge in [0.1, 0.15) is 0 Å².